The van der Waals surface area contributed by atoms with Gasteiger partial charge >= 0.3 is 0 Å². The monoisotopic (exact) mass is 345 g/mol. The molecule has 0 radical (unpaired) electrons. The fourth-order valence-corrected chi connectivity index (χ4v) is 2.74. The molecular weight excluding hydrogens is 325 g/mol. The van der Waals surface area contributed by atoms with Crippen LogP contribution >= 0.6 is 0 Å². The highest BCUT2D eigenvalue weighted by Gasteiger charge is 2.24. The van der Waals surface area contributed by atoms with Crippen LogP contribution in [0.5, 0.6) is 17.2 Å². The molecule has 132 valence electrons. The van der Waals surface area contributed by atoms with Gasteiger partial charge in [-0.05, 0) is 36.8 Å². The van der Waals surface area contributed by atoms with Crippen LogP contribution in [-0.4, -0.2) is 38.2 Å². The second-order valence-corrected chi connectivity index (χ2v) is 5.85. The molecule has 25 heavy (non-hydrogen) atoms. The zero-order valence-corrected chi connectivity index (χ0v) is 14.4. The minimum Gasteiger partial charge on any atom is -0.493 e. The molecule has 0 aliphatic carbocycles. The van der Waals surface area contributed by atoms with Crippen LogP contribution in [0, 0.1) is 5.82 Å². The van der Waals surface area contributed by atoms with Crippen molar-refractivity contribution in [1.29, 1.82) is 0 Å². The second-order valence-electron chi connectivity index (χ2n) is 5.85. The van der Waals surface area contributed by atoms with Crippen molar-refractivity contribution in [1.82, 2.24) is 4.90 Å². The van der Waals surface area contributed by atoms with Crippen molar-refractivity contribution in [3.63, 3.8) is 0 Å². The first-order valence-corrected chi connectivity index (χ1v) is 8.01. The lowest BCUT2D eigenvalue weighted by atomic mass is 10.1. The summed E-state index contributed by atoms with van der Waals surface area (Å²) in [6.45, 7) is 2.76. The van der Waals surface area contributed by atoms with E-state index < -0.39 is 0 Å². The minimum atomic E-state index is -0.304. The Bertz CT molecular complexity index is 758. The zero-order valence-electron chi connectivity index (χ0n) is 14.4. The molecule has 1 amide bonds. The number of benzene rings is 2. The molecule has 0 aromatic heterocycles. The molecule has 0 saturated carbocycles. The number of fused-ring (bicyclic) bond motifs is 1. The van der Waals surface area contributed by atoms with Crippen molar-refractivity contribution < 1.29 is 23.4 Å². The number of rotatable bonds is 4. The average molecular weight is 345 g/mol. The number of hydrogen-bond donors (Lipinski definition) is 0. The van der Waals surface area contributed by atoms with E-state index in [0.717, 1.165) is 5.56 Å². The Morgan fingerprint density at radius 3 is 2.56 bits per heavy atom. The summed E-state index contributed by atoms with van der Waals surface area (Å²) in [4.78, 5) is 14.5. The molecule has 3 rings (SSSR count). The smallest absolute Gasteiger partial charge is 0.254 e. The van der Waals surface area contributed by atoms with Crippen molar-refractivity contribution in [2.45, 2.75) is 13.0 Å². The first-order valence-electron chi connectivity index (χ1n) is 8.01. The van der Waals surface area contributed by atoms with E-state index in [2.05, 4.69) is 0 Å². The number of amides is 1. The first-order chi connectivity index (χ1) is 12.0. The summed E-state index contributed by atoms with van der Waals surface area (Å²) in [6, 6.07) is 9.21. The van der Waals surface area contributed by atoms with E-state index in [1.165, 1.54) is 19.2 Å². The highest BCUT2D eigenvalue weighted by molar-refractivity contribution is 5.95. The molecule has 1 heterocycles. The summed E-state index contributed by atoms with van der Waals surface area (Å²) in [5, 5.41) is 0. The molecule has 0 N–H and O–H groups in total. The number of ether oxygens (including phenoxy) is 3. The Labute approximate surface area is 145 Å². The Morgan fingerprint density at radius 1 is 1.20 bits per heavy atom. The molecule has 0 unspecified atom stereocenters. The van der Waals surface area contributed by atoms with Gasteiger partial charge in [-0.25, -0.2) is 4.39 Å². The van der Waals surface area contributed by atoms with Gasteiger partial charge in [-0.2, -0.15) is 0 Å². The summed E-state index contributed by atoms with van der Waals surface area (Å²) < 4.78 is 29.6. The predicted octanol–water partition coefficient (Wildman–Crippen LogP) is 3.44. The molecule has 0 bridgehead atoms. The molecule has 2 aromatic rings. The Morgan fingerprint density at radius 2 is 1.88 bits per heavy atom. The van der Waals surface area contributed by atoms with Crippen molar-refractivity contribution in [3.8, 4) is 17.2 Å². The number of hydrogen-bond acceptors (Lipinski definition) is 4. The van der Waals surface area contributed by atoms with Gasteiger partial charge < -0.3 is 19.1 Å². The molecular formula is C19H20FNO4. The van der Waals surface area contributed by atoms with Crippen LogP contribution in [0.1, 0.15) is 28.9 Å². The molecule has 0 spiro atoms. The standard InChI is InChI=1S/C19H20FNO4/c1-12(13-4-6-15(20)7-5-13)21(2)19(22)14-10-16(23-3)18-17(11-14)24-8-9-25-18/h4-7,10-12H,8-9H2,1-3H3/t12-/m1/s1. The molecule has 0 fully saturated rings. The van der Waals surface area contributed by atoms with E-state index in [0.29, 0.717) is 36.0 Å². The third-order valence-electron chi connectivity index (χ3n) is 4.33. The summed E-state index contributed by atoms with van der Waals surface area (Å²) >= 11 is 0. The largest absolute Gasteiger partial charge is 0.493 e. The van der Waals surface area contributed by atoms with Crippen LogP contribution in [0.4, 0.5) is 4.39 Å². The van der Waals surface area contributed by atoms with Crippen LogP contribution in [0.15, 0.2) is 36.4 Å². The number of methoxy groups -OCH3 is 1. The molecule has 1 aliphatic rings. The normalized spacial score (nSPS) is 13.9. The summed E-state index contributed by atoms with van der Waals surface area (Å²) in [5.74, 6) is 0.980. The lowest BCUT2D eigenvalue weighted by Crippen LogP contribution is -2.30. The van der Waals surface area contributed by atoms with Crippen molar-refractivity contribution in [2.24, 2.45) is 0 Å². The molecule has 5 nitrogen and oxygen atoms in total. The van der Waals surface area contributed by atoms with Gasteiger partial charge in [0.05, 0.1) is 13.2 Å². The highest BCUT2D eigenvalue weighted by atomic mass is 19.1. The van der Waals surface area contributed by atoms with E-state index in [1.54, 1.807) is 36.2 Å². The number of carbonyl (C=O) groups excluding carboxylic acids is 1. The topological polar surface area (TPSA) is 48.0 Å². The van der Waals surface area contributed by atoms with Crippen LogP contribution in [0.3, 0.4) is 0 Å². The lowest BCUT2D eigenvalue weighted by molar-refractivity contribution is 0.0741. The predicted molar refractivity (Wildman–Crippen MR) is 90.9 cm³/mol. The quantitative estimate of drug-likeness (QED) is 0.852. The van der Waals surface area contributed by atoms with Crippen LogP contribution in [0.2, 0.25) is 0 Å². The number of carbonyl (C=O) groups is 1. The fraction of sp³-hybridized carbons (Fsp3) is 0.316. The van der Waals surface area contributed by atoms with E-state index in [-0.39, 0.29) is 17.8 Å². The van der Waals surface area contributed by atoms with Gasteiger partial charge in [0.2, 0.25) is 5.75 Å². The molecule has 2 aromatic carbocycles. The van der Waals surface area contributed by atoms with Gasteiger partial charge in [-0.1, -0.05) is 12.1 Å². The van der Waals surface area contributed by atoms with Crippen molar-refractivity contribution >= 4 is 5.91 Å². The zero-order chi connectivity index (χ0) is 18.0. The summed E-state index contributed by atoms with van der Waals surface area (Å²) in [7, 11) is 3.23. The fourth-order valence-electron chi connectivity index (χ4n) is 2.74. The summed E-state index contributed by atoms with van der Waals surface area (Å²) in [5.41, 5.74) is 1.29. The average Bonchev–Trinajstić information content (AvgIpc) is 2.65. The number of nitrogens with zero attached hydrogens (tertiary/aromatic N) is 1. The van der Waals surface area contributed by atoms with Gasteiger partial charge in [0.15, 0.2) is 11.5 Å². The van der Waals surface area contributed by atoms with E-state index >= 15 is 0 Å². The molecule has 6 heteroatoms. The highest BCUT2D eigenvalue weighted by Crippen LogP contribution is 2.40. The number of halogens is 1. The minimum absolute atomic E-state index is 0.188. The Balaban J connectivity index is 1.88. The van der Waals surface area contributed by atoms with Gasteiger partial charge in [0, 0.05) is 12.6 Å². The van der Waals surface area contributed by atoms with Gasteiger partial charge in [0.25, 0.3) is 5.91 Å². The SMILES string of the molecule is COc1cc(C(=O)N(C)[C@H](C)c2ccc(F)cc2)cc2c1OCCO2. The van der Waals surface area contributed by atoms with Gasteiger partial charge in [-0.15, -0.1) is 0 Å². The second kappa shape index (κ2) is 7.01. The maximum Gasteiger partial charge on any atom is 0.254 e. The summed E-state index contributed by atoms with van der Waals surface area (Å²) in [6.07, 6.45) is 0. The van der Waals surface area contributed by atoms with Crippen LogP contribution in [-0.2, 0) is 0 Å². The first kappa shape index (κ1) is 17.1. The van der Waals surface area contributed by atoms with Crippen molar-refractivity contribution in [2.75, 3.05) is 27.4 Å². The third kappa shape index (κ3) is 3.38. The third-order valence-corrected chi connectivity index (χ3v) is 4.33. The van der Waals surface area contributed by atoms with E-state index in [9.17, 15) is 9.18 Å². The maximum absolute atomic E-state index is 13.1. The molecule has 0 saturated heterocycles. The van der Waals surface area contributed by atoms with Crippen molar-refractivity contribution in [3.05, 3.63) is 53.3 Å². The Kier molecular flexibility index (Phi) is 4.79. The molecule has 1 aliphatic heterocycles. The van der Waals surface area contributed by atoms with Gasteiger partial charge in [-0.3, -0.25) is 4.79 Å². The van der Waals surface area contributed by atoms with E-state index in [4.69, 9.17) is 14.2 Å². The maximum atomic E-state index is 13.1. The van der Waals surface area contributed by atoms with E-state index in [1.807, 2.05) is 6.92 Å². The van der Waals surface area contributed by atoms with Crippen LogP contribution in [0.25, 0.3) is 0 Å². The Hall–Kier alpha value is -2.76. The molecule has 1 atom stereocenters. The van der Waals surface area contributed by atoms with Crippen LogP contribution < -0.4 is 14.2 Å². The lowest BCUT2D eigenvalue weighted by Gasteiger charge is -2.27. The van der Waals surface area contributed by atoms with Gasteiger partial charge in [0.1, 0.15) is 19.0 Å².